The van der Waals surface area contributed by atoms with Gasteiger partial charge in [-0.2, -0.15) is 0 Å². The van der Waals surface area contributed by atoms with E-state index >= 15 is 0 Å². The van der Waals surface area contributed by atoms with Crippen LogP contribution in [0.3, 0.4) is 0 Å². The number of benzene rings is 1. The van der Waals surface area contributed by atoms with Gasteiger partial charge in [0.2, 0.25) is 5.91 Å². The molecule has 2 N–H and O–H groups in total. The van der Waals surface area contributed by atoms with E-state index in [2.05, 4.69) is 15.5 Å². The molecule has 0 spiro atoms. The normalized spacial score (nSPS) is 14.5. The second kappa shape index (κ2) is 12.4. The average Bonchev–Trinajstić information content (AvgIpc) is 2.49. The van der Waals surface area contributed by atoms with E-state index in [0.29, 0.717) is 18.9 Å². The van der Waals surface area contributed by atoms with Gasteiger partial charge in [0.15, 0.2) is 0 Å². The number of nitrogens with one attached hydrogen (secondary N) is 2. The molecule has 7 heteroatoms. The zero-order valence-corrected chi connectivity index (χ0v) is 16.0. The summed E-state index contributed by atoms with van der Waals surface area (Å²) in [7, 11) is 4.04. The van der Waals surface area contributed by atoms with Crippen LogP contribution in [0.5, 0.6) is 5.75 Å². The maximum absolute atomic E-state index is 12.0. The Bertz CT molecular complexity index is 463. The van der Waals surface area contributed by atoms with Crippen LogP contribution in [0.1, 0.15) is 19.3 Å². The Morgan fingerprint density at radius 2 is 1.83 bits per heavy atom. The number of likely N-dealkylation sites (N-methyl/N-ethyl adjacent to an activating group) is 1. The molecule has 1 aliphatic heterocycles. The van der Waals surface area contributed by atoms with E-state index in [4.69, 9.17) is 4.74 Å². The second-order valence-electron chi connectivity index (χ2n) is 6.12. The summed E-state index contributed by atoms with van der Waals surface area (Å²) in [6.45, 7) is 3.59. The van der Waals surface area contributed by atoms with Crippen LogP contribution in [-0.2, 0) is 4.79 Å². The fourth-order valence-corrected chi connectivity index (χ4v) is 2.54. The lowest BCUT2D eigenvalue weighted by molar-refractivity contribution is -0.117. The molecule has 0 aliphatic carbocycles. The molecule has 0 unspecified atom stereocenters. The van der Waals surface area contributed by atoms with Crippen LogP contribution in [0.25, 0.3) is 0 Å². The van der Waals surface area contributed by atoms with Crippen molar-refractivity contribution in [1.82, 2.24) is 10.2 Å². The third-order valence-corrected chi connectivity index (χ3v) is 3.88. The van der Waals surface area contributed by atoms with Gasteiger partial charge in [0.25, 0.3) is 0 Å². The summed E-state index contributed by atoms with van der Waals surface area (Å²) in [5.74, 6) is 1.45. The van der Waals surface area contributed by atoms with Gasteiger partial charge in [-0.25, -0.2) is 0 Å². The van der Waals surface area contributed by atoms with Crippen LogP contribution in [0, 0.1) is 5.92 Å². The number of rotatable bonds is 7. The fraction of sp³-hybridized carbons (Fsp3) is 0.588. The van der Waals surface area contributed by atoms with Crippen molar-refractivity contribution < 1.29 is 9.53 Å². The van der Waals surface area contributed by atoms with Gasteiger partial charge in [0.1, 0.15) is 12.4 Å². The minimum Gasteiger partial charge on any atom is -0.492 e. The summed E-state index contributed by atoms with van der Waals surface area (Å²) in [6.07, 6.45) is 2.79. The van der Waals surface area contributed by atoms with Crippen molar-refractivity contribution >= 4 is 36.4 Å². The molecule has 0 aromatic heterocycles. The molecular formula is C17H29Cl2N3O2. The molecule has 1 amide bonds. The van der Waals surface area contributed by atoms with E-state index in [0.717, 1.165) is 43.9 Å². The number of hydrogen-bond acceptors (Lipinski definition) is 4. The number of anilines is 1. The first-order valence-corrected chi connectivity index (χ1v) is 8.01. The fourth-order valence-electron chi connectivity index (χ4n) is 2.54. The Hall–Kier alpha value is -1.01. The van der Waals surface area contributed by atoms with Crippen molar-refractivity contribution in [1.29, 1.82) is 0 Å². The molecule has 2 rings (SSSR count). The number of ether oxygens (including phenoxy) is 1. The topological polar surface area (TPSA) is 53.6 Å². The first kappa shape index (κ1) is 23.0. The molecule has 5 nitrogen and oxygen atoms in total. The Morgan fingerprint density at radius 1 is 1.21 bits per heavy atom. The monoisotopic (exact) mass is 377 g/mol. The lowest BCUT2D eigenvalue weighted by atomic mass is 9.94. The summed E-state index contributed by atoms with van der Waals surface area (Å²) >= 11 is 0. The maximum atomic E-state index is 12.0. The van der Waals surface area contributed by atoms with Crippen molar-refractivity contribution in [3.05, 3.63) is 24.3 Å². The van der Waals surface area contributed by atoms with Crippen molar-refractivity contribution in [3.8, 4) is 5.75 Å². The van der Waals surface area contributed by atoms with Gasteiger partial charge in [-0.3, -0.25) is 4.79 Å². The molecule has 1 fully saturated rings. The molecule has 1 aliphatic rings. The number of hydrogen-bond donors (Lipinski definition) is 2. The SMILES string of the molecule is CN(C)CCOc1ccc(NC(=O)CC2CCNCC2)cc1.Cl.Cl. The zero-order chi connectivity index (χ0) is 15.8. The van der Waals surface area contributed by atoms with E-state index in [1.165, 1.54) is 0 Å². The number of carbonyl (C=O) groups is 1. The number of halogens is 2. The van der Waals surface area contributed by atoms with Crippen LogP contribution in [0.15, 0.2) is 24.3 Å². The van der Waals surface area contributed by atoms with Gasteiger partial charge in [-0.1, -0.05) is 0 Å². The van der Waals surface area contributed by atoms with Crippen LogP contribution in [-0.4, -0.2) is 51.1 Å². The summed E-state index contributed by atoms with van der Waals surface area (Å²) in [4.78, 5) is 14.1. The van der Waals surface area contributed by atoms with Gasteiger partial charge in [-0.15, -0.1) is 24.8 Å². The van der Waals surface area contributed by atoms with E-state index in [1.54, 1.807) is 0 Å². The Kier molecular flexibility index (Phi) is 11.8. The molecule has 1 heterocycles. The smallest absolute Gasteiger partial charge is 0.224 e. The molecule has 0 atom stereocenters. The van der Waals surface area contributed by atoms with E-state index < -0.39 is 0 Å². The minimum absolute atomic E-state index is 0. The summed E-state index contributed by atoms with van der Waals surface area (Å²) in [5.41, 5.74) is 0.832. The third kappa shape index (κ3) is 8.73. The van der Waals surface area contributed by atoms with Gasteiger partial charge >= 0.3 is 0 Å². The van der Waals surface area contributed by atoms with Gasteiger partial charge in [-0.05, 0) is 70.2 Å². The highest BCUT2D eigenvalue weighted by Crippen LogP contribution is 2.19. The van der Waals surface area contributed by atoms with Crippen LogP contribution in [0.4, 0.5) is 5.69 Å². The first-order chi connectivity index (χ1) is 10.6. The molecule has 0 radical (unpaired) electrons. The molecule has 0 bridgehead atoms. The van der Waals surface area contributed by atoms with Crippen molar-refractivity contribution in [3.63, 3.8) is 0 Å². The molecule has 1 aromatic carbocycles. The lowest BCUT2D eigenvalue weighted by Crippen LogP contribution is -2.30. The highest BCUT2D eigenvalue weighted by Gasteiger charge is 2.16. The largest absolute Gasteiger partial charge is 0.492 e. The highest BCUT2D eigenvalue weighted by atomic mass is 35.5. The van der Waals surface area contributed by atoms with E-state index in [9.17, 15) is 4.79 Å². The molecule has 0 saturated carbocycles. The highest BCUT2D eigenvalue weighted by molar-refractivity contribution is 5.90. The van der Waals surface area contributed by atoms with Gasteiger partial charge in [0.05, 0.1) is 0 Å². The molecule has 1 aromatic rings. The quantitative estimate of drug-likeness (QED) is 0.766. The number of amides is 1. The standard InChI is InChI=1S/C17H27N3O2.2ClH/c1-20(2)11-12-22-16-5-3-15(4-6-16)19-17(21)13-14-7-9-18-10-8-14;;/h3-6,14,18H,7-13H2,1-2H3,(H,19,21);2*1H. The van der Waals surface area contributed by atoms with Gasteiger partial charge < -0.3 is 20.3 Å². The number of carbonyl (C=O) groups excluding carboxylic acids is 1. The average molecular weight is 378 g/mol. The third-order valence-electron chi connectivity index (χ3n) is 3.88. The van der Waals surface area contributed by atoms with Crippen LogP contribution < -0.4 is 15.4 Å². The van der Waals surface area contributed by atoms with Crippen molar-refractivity contribution in [2.75, 3.05) is 45.7 Å². The summed E-state index contributed by atoms with van der Waals surface area (Å²) in [6, 6.07) is 7.59. The Balaban J connectivity index is 0.00000264. The van der Waals surface area contributed by atoms with E-state index in [-0.39, 0.29) is 30.7 Å². The maximum Gasteiger partial charge on any atom is 0.224 e. The predicted molar refractivity (Wildman–Crippen MR) is 104 cm³/mol. The van der Waals surface area contributed by atoms with Crippen molar-refractivity contribution in [2.45, 2.75) is 19.3 Å². The molecule has 1 saturated heterocycles. The zero-order valence-electron chi connectivity index (χ0n) is 14.4. The Morgan fingerprint density at radius 3 is 2.42 bits per heavy atom. The first-order valence-electron chi connectivity index (χ1n) is 8.01. The van der Waals surface area contributed by atoms with Crippen LogP contribution in [0.2, 0.25) is 0 Å². The van der Waals surface area contributed by atoms with Crippen molar-refractivity contribution in [2.24, 2.45) is 5.92 Å². The molecule has 24 heavy (non-hydrogen) atoms. The number of piperidine rings is 1. The minimum atomic E-state index is 0. The lowest BCUT2D eigenvalue weighted by Gasteiger charge is -2.21. The van der Waals surface area contributed by atoms with E-state index in [1.807, 2.05) is 38.4 Å². The number of nitrogens with zero attached hydrogens (tertiary/aromatic N) is 1. The second-order valence-corrected chi connectivity index (χ2v) is 6.12. The molecular weight excluding hydrogens is 349 g/mol. The Labute approximate surface area is 157 Å². The predicted octanol–water partition coefficient (Wildman–Crippen LogP) is 2.80. The summed E-state index contributed by atoms with van der Waals surface area (Å²) in [5, 5.41) is 6.29. The van der Waals surface area contributed by atoms with Crippen LogP contribution >= 0.6 is 24.8 Å². The summed E-state index contributed by atoms with van der Waals surface area (Å²) < 4.78 is 5.64. The van der Waals surface area contributed by atoms with Gasteiger partial charge in [0, 0.05) is 18.7 Å². The molecule has 138 valence electrons.